The van der Waals surface area contributed by atoms with E-state index in [4.69, 9.17) is 9.05 Å². The fourth-order valence-electron chi connectivity index (χ4n) is 1.83. The van der Waals surface area contributed by atoms with Crippen LogP contribution < -0.4 is 0 Å². The van der Waals surface area contributed by atoms with Gasteiger partial charge in [-0.05, 0) is 12.8 Å². The van der Waals surface area contributed by atoms with E-state index in [0.717, 1.165) is 0 Å². The number of aliphatic hydroxyl groups is 2. The first kappa shape index (κ1) is 21.5. The lowest BCUT2D eigenvalue weighted by atomic mass is 9.89. The molecule has 0 spiro atoms. The Hall–Kier alpha value is -0.530. The van der Waals surface area contributed by atoms with Gasteiger partial charge in [-0.15, -0.1) is 13.2 Å². The SMILES string of the molecule is C=CCC(CC=C)(OP(=O)(O)OCC[N+](C)(C)C)[C@@H](O)CO. The highest BCUT2D eigenvalue weighted by atomic mass is 31.2. The van der Waals surface area contributed by atoms with Gasteiger partial charge in [0.05, 0.1) is 27.7 Å². The van der Waals surface area contributed by atoms with E-state index in [2.05, 4.69) is 13.2 Å². The zero-order valence-electron chi connectivity index (χ0n) is 13.6. The highest BCUT2D eigenvalue weighted by Gasteiger charge is 2.43. The summed E-state index contributed by atoms with van der Waals surface area (Å²) in [5.74, 6) is 0. The molecule has 0 aromatic rings. The van der Waals surface area contributed by atoms with E-state index in [1.165, 1.54) is 12.2 Å². The molecule has 0 aliphatic carbocycles. The molecule has 0 amide bonds. The summed E-state index contributed by atoms with van der Waals surface area (Å²) in [5.41, 5.74) is -1.50. The van der Waals surface area contributed by atoms with E-state index in [-0.39, 0.29) is 19.4 Å². The summed E-state index contributed by atoms with van der Waals surface area (Å²) in [6.07, 6.45) is 1.63. The number of nitrogens with zero attached hydrogens (tertiary/aromatic N) is 1. The third-order valence-electron chi connectivity index (χ3n) is 3.07. The Morgan fingerprint density at radius 3 is 2.14 bits per heavy atom. The van der Waals surface area contributed by atoms with Gasteiger partial charge in [-0.1, -0.05) is 12.2 Å². The summed E-state index contributed by atoms with van der Waals surface area (Å²) < 4.78 is 22.9. The molecule has 0 saturated heterocycles. The molecule has 0 saturated carbocycles. The number of phosphoric ester groups is 1. The second-order valence-corrected chi connectivity index (χ2v) is 7.53. The molecule has 0 radical (unpaired) electrons. The van der Waals surface area contributed by atoms with Gasteiger partial charge in [-0.25, -0.2) is 4.57 Å². The molecule has 7 nitrogen and oxygen atoms in total. The van der Waals surface area contributed by atoms with Crippen LogP contribution in [0.4, 0.5) is 0 Å². The number of phosphoric acid groups is 1. The van der Waals surface area contributed by atoms with Crippen molar-refractivity contribution >= 4 is 7.82 Å². The Morgan fingerprint density at radius 1 is 1.27 bits per heavy atom. The van der Waals surface area contributed by atoms with Crippen molar-refractivity contribution in [1.82, 2.24) is 0 Å². The van der Waals surface area contributed by atoms with Crippen molar-refractivity contribution in [2.24, 2.45) is 0 Å². The van der Waals surface area contributed by atoms with E-state index in [1.54, 1.807) is 0 Å². The first-order valence-corrected chi connectivity index (χ1v) is 8.51. The van der Waals surface area contributed by atoms with Gasteiger partial charge in [0.2, 0.25) is 0 Å². The highest BCUT2D eigenvalue weighted by molar-refractivity contribution is 7.47. The van der Waals surface area contributed by atoms with Crippen LogP contribution in [-0.4, -0.2) is 72.2 Å². The Bertz CT molecular complexity index is 397. The predicted molar refractivity (Wildman–Crippen MR) is 85.2 cm³/mol. The molecule has 0 fully saturated rings. The number of hydrogen-bond donors (Lipinski definition) is 3. The number of likely N-dealkylation sites (N-methyl/N-ethyl adjacent to an activating group) is 1. The molecule has 2 atom stereocenters. The summed E-state index contributed by atoms with van der Waals surface area (Å²) in [4.78, 5) is 9.89. The molecule has 0 rings (SSSR count). The Morgan fingerprint density at radius 2 is 1.77 bits per heavy atom. The van der Waals surface area contributed by atoms with Crippen LogP contribution in [0.5, 0.6) is 0 Å². The molecule has 3 N–H and O–H groups in total. The van der Waals surface area contributed by atoms with Crippen molar-refractivity contribution in [3.63, 3.8) is 0 Å². The van der Waals surface area contributed by atoms with Crippen LogP contribution in [0.15, 0.2) is 25.3 Å². The number of aliphatic hydroxyl groups excluding tert-OH is 2. The van der Waals surface area contributed by atoms with Crippen molar-refractivity contribution in [3.8, 4) is 0 Å². The fraction of sp³-hybridized carbons (Fsp3) is 0.714. The zero-order chi connectivity index (χ0) is 17.4. The predicted octanol–water partition coefficient (Wildman–Crippen LogP) is 1.07. The number of rotatable bonds is 12. The molecule has 130 valence electrons. The third kappa shape index (κ3) is 7.65. The third-order valence-corrected chi connectivity index (χ3v) is 4.18. The maximum Gasteiger partial charge on any atom is 0.473 e. The topological polar surface area (TPSA) is 96.2 Å². The van der Waals surface area contributed by atoms with Crippen molar-refractivity contribution < 1.29 is 33.2 Å². The lowest BCUT2D eigenvalue weighted by Crippen LogP contribution is -2.46. The van der Waals surface area contributed by atoms with Crippen LogP contribution in [-0.2, 0) is 13.6 Å². The maximum absolute atomic E-state index is 12.1. The van der Waals surface area contributed by atoms with Crippen LogP contribution in [0.2, 0.25) is 0 Å². The monoisotopic (exact) mass is 338 g/mol. The normalized spacial score (nSPS) is 16.8. The fourth-order valence-corrected chi connectivity index (χ4v) is 2.93. The summed E-state index contributed by atoms with van der Waals surface area (Å²) in [6, 6.07) is 0. The van der Waals surface area contributed by atoms with Crippen molar-refractivity contribution in [2.75, 3.05) is 40.9 Å². The highest BCUT2D eigenvalue weighted by Crippen LogP contribution is 2.50. The average molecular weight is 338 g/mol. The molecular weight excluding hydrogens is 309 g/mol. The van der Waals surface area contributed by atoms with E-state index in [9.17, 15) is 19.7 Å². The van der Waals surface area contributed by atoms with Gasteiger partial charge in [0, 0.05) is 0 Å². The first-order valence-electron chi connectivity index (χ1n) is 7.01. The molecule has 22 heavy (non-hydrogen) atoms. The maximum atomic E-state index is 12.1. The summed E-state index contributed by atoms with van der Waals surface area (Å²) in [6.45, 7) is 6.99. The van der Waals surface area contributed by atoms with Gasteiger partial charge in [0.25, 0.3) is 0 Å². The Labute approximate surface area is 132 Å². The minimum absolute atomic E-state index is 0.0186. The van der Waals surface area contributed by atoms with Crippen LogP contribution in [0.3, 0.4) is 0 Å². The minimum atomic E-state index is -4.40. The van der Waals surface area contributed by atoms with Crippen LogP contribution in [0.25, 0.3) is 0 Å². The molecule has 0 aliphatic rings. The standard InChI is InChI=1S/C14H28NO6P/c1-6-8-14(9-7-2,13(17)12-16)21-22(18,19)20-11-10-15(3,4)5/h6-7,13,16-17H,1-2,8-12H2,3-5H3/p+1/t13-/m0/s1. The summed E-state index contributed by atoms with van der Waals surface area (Å²) >= 11 is 0. The summed E-state index contributed by atoms with van der Waals surface area (Å²) in [7, 11) is 1.35. The molecule has 8 heteroatoms. The second-order valence-electron chi connectivity index (χ2n) is 6.16. The Balaban J connectivity index is 5.05. The smallest absolute Gasteiger partial charge is 0.394 e. The molecular formula is C14H29NO6P+. The van der Waals surface area contributed by atoms with Crippen molar-refractivity contribution in [2.45, 2.75) is 24.5 Å². The minimum Gasteiger partial charge on any atom is -0.394 e. The van der Waals surface area contributed by atoms with Crippen LogP contribution in [0, 0.1) is 0 Å². The van der Waals surface area contributed by atoms with E-state index in [0.29, 0.717) is 11.0 Å². The van der Waals surface area contributed by atoms with Gasteiger partial charge in [0.15, 0.2) is 0 Å². The Kier molecular flexibility index (Phi) is 8.72. The second kappa shape index (κ2) is 8.93. The molecule has 0 aliphatic heterocycles. The van der Waals surface area contributed by atoms with Crippen LogP contribution >= 0.6 is 7.82 Å². The molecule has 0 aromatic heterocycles. The quantitative estimate of drug-likeness (QED) is 0.280. The zero-order valence-corrected chi connectivity index (χ0v) is 14.5. The van der Waals surface area contributed by atoms with E-state index >= 15 is 0 Å². The first-order chi connectivity index (χ1) is 10.0. The number of hydrogen-bond acceptors (Lipinski definition) is 5. The molecule has 0 bridgehead atoms. The van der Waals surface area contributed by atoms with Crippen LogP contribution in [0.1, 0.15) is 12.8 Å². The van der Waals surface area contributed by atoms with Crippen molar-refractivity contribution in [1.29, 1.82) is 0 Å². The number of quaternary nitrogens is 1. The van der Waals surface area contributed by atoms with E-state index in [1.807, 2.05) is 21.1 Å². The average Bonchev–Trinajstić information content (AvgIpc) is 2.35. The molecule has 0 heterocycles. The van der Waals surface area contributed by atoms with E-state index < -0.39 is 26.1 Å². The van der Waals surface area contributed by atoms with Gasteiger partial charge in [-0.3, -0.25) is 9.05 Å². The van der Waals surface area contributed by atoms with Gasteiger partial charge in [0.1, 0.15) is 24.9 Å². The van der Waals surface area contributed by atoms with Crippen molar-refractivity contribution in [3.05, 3.63) is 25.3 Å². The van der Waals surface area contributed by atoms with Gasteiger partial charge >= 0.3 is 7.82 Å². The summed E-state index contributed by atoms with van der Waals surface area (Å²) in [5, 5.41) is 19.2. The molecule has 0 aromatic carbocycles. The van der Waals surface area contributed by atoms with Gasteiger partial charge < -0.3 is 19.6 Å². The lowest BCUT2D eigenvalue weighted by Gasteiger charge is -2.36. The lowest BCUT2D eigenvalue weighted by molar-refractivity contribution is -0.870. The molecule has 1 unspecified atom stereocenters. The van der Waals surface area contributed by atoms with Gasteiger partial charge in [-0.2, -0.15) is 0 Å². The largest absolute Gasteiger partial charge is 0.473 e.